The summed E-state index contributed by atoms with van der Waals surface area (Å²) in [5.74, 6) is -0.242. The lowest BCUT2D eigenvalue weighted by molar-refractivity contribution is -0.275. The van der Waals surface area contributed by atoms with Crippen LogP contribution in [0.2, 0.25) is 24.2 Å². The second-order valence-corrected chi connectivity index (χ2v) is 16.2. The Morgan fingerprint density at radius 1 is 0.806 bits per heavy atom. The molecule has 0 bridgehead atoms. The average molecular weight is 521 g/mol. The quantitative estimate of drug-likeness (QED) is 0.181. The zero-order chi connectivity index (χ0) is 25.6. The largest absolute Gasteiger partial charge is 0.573 e. The van der Waals surface area contributed by atoms with Crippen LogP contribution >= 0.6 is 0 Å². The van der Waals surface area contributed by atoms with E-state index in [1.807, 2.05) is 12.1 Å². The third kappa shape index (κ3) is 7.36. The van der Waals surface area contributed by atoms with E-state index in [1.54, 1.807) is 0 Å². The van der Waals surface area contributed by atoms with E-state index in [1.165, 1.54) is 100 Å². The molecule has 2 aliphatic heterocycles. The molecule has 0 radical (unpaired) electrons. The molecule has 6 heteroatoms. The number of halogens is 4. The lowest BCUT2D eigenvalue weighted by Crippen LogP contribution is -2.41. The molecule has 0 amide bonds. The summed E-state index contributed by atoms with van der Waals surface area (Å²) < 4.78 is 55.0. The van der Waals surface area contributed by atoms with E-state index in [0.717, 1.165) is 23.6 Å². The minimum atomic E-state index is -4.90. The minimum absolute atomic E-state index is 0.547. The molecule has 1 spiro atoms. The van der Waals surface area contributed by atoms with Crippen molar-refractivity contribution >= 4 is 8.07 Å². The van der Waals surface area contributed by atoms with Gasteiger partial charge in [-0.15, -0.1) is 13.2 Å². The van der Waals surface area contributed by atoms with E-state index in [4.69, 9.17) is 0 Å². The van der Waals surface area contributed by atoms with Gasteiger partial charge in [0, 0.05) is 0 Å². The minimum Gasteiger partial charge on any atom is -0.403 e. The van der Waals surface area contributed by atoms with Gasteiger partial charge in [-0.2, -0.15) is 0 Å². The molecule has 2 fully saturated rings. The Kier molecular flexibility index (Phi) is 9.18. The van der Waals surface area contributed by atoms with Crippen LogP contribution < -0.4 is 4.74 Å². The predicted octanol–water partition coefficient (Wildman–Crippen LogP) is 10.5. The maximum atomic E-state index is 14.1. The fourth-order valence-electron chi connectivity index (χ4n) is 6.51. The molecule has 0 saturated carbocycles. The number of alkyl halides is 3. The van der Waals surface area contributed by atoms with Gasteiger partial charge in [0.2, 0.25) is 0 Å². The van der Waals surface area contributed by atoms with Crippen LogP contribution in [0.1, 0.15) is 82.6 Å². The van der Waals surface area contributed by atoms with E-state index in [0.29, 0.717) is 11.5 Å². The fourth-order valence-corrected chi connectivity index (χ4v) is 12.0. The predicted molar refractivity (Wildman–Crippen MR) is 142 cm³/mol. The standard InChI is InChI=1S/C30H40F4OSi/c1-2-3-4-5-6-7-23-14-18-36(19-15-23)20-16-26(17-21-36)24-8-10-25(11-9-24)27-12-13-29(28(31)22-27)35-30(32,33)34/h8-13,22-23,26H,2-7,14-21H2,1H3. The van der Waals surface area contributed by atoms with Crippen LogP contribution in [0.25, 0.3) is 11.1 Å². The Bertz CT molecular complexity index is 954. The van der Waals surface area contributed by atoms with Crippen molar-refractivity contribution < 1.29 is 22.3 Å². The summed E-state index contributed by atoms with van der Waals surface area (Å²) in [5.41, 5.74) is 2.68. The molecule has 2 aromatic carbocycles. The monoisotopic (exact) mass is 520 g/mol. The highest BCUT2D eigenvalue weighted by atomic mass is 28.3. The first kappa shape index (κ1) is 27.2. The smallest absolute Gasteiger partial charge is 0.403 e. The lowest BCUT2D eigenvalue weighted by atomic mass is 9.91. The summed E-state index contributed by atoms with van der Waals surface area (Å²) in [5, 5.41) is 0. The molecular formula is C30H40F4OSi. The van der Waals surface area contributed by atoms with Crippen molar-refractivity contribution in [3.8, 4) is 16.9 Å². The SMILES string of the molecule is CCCCCCCC1CC[Si]2(CC1)CCC(c1ccc(-c3ccc(OC(F)(F)F)c(F)c3)cc1)CC2. The molecule has 0 aliphatic carbocycles. The van der Waals surface area contributed by atoms with Crippen molar-refractivity contribution in [2.45, 2.75) is 108 Å². The second kappa shape index (κ2) is 12.1. The Labute approximate surface area is 214 Å². The number of unbranched alkanes of at least 4 members (excludes halogenated alkanes) is 4. The van der Waals surface area contributed by atoms with Crippen molar-refractivity contribution in [1.29, 1.82) is 0 Å². The molecule has 1 nitrogen and oxygen atoms in total. The van der Waals surface area contributed by atoms with Crippen molar-refractivity contribution in [3.63, 3.8) is 0 Å². The molecular weight excluding hydrogens is 480 g/mol. The molecule has 36 heavy (non-hydrogen) atoms. The molecule has 4 rings (SSSR count). The molecule has 0 aromatic heterocycles. The topological polar surface area (TPSA) is 9.23 Å². The summed E-state index contributed by atoms with van der Waals surface area (Å²) >= 11 is 0. The van der Waals surface area contributed by atoms with Gasteiger partial charge in [0.1, 0.15) is 0 Å². The lowest BCUT2D eigenvalue weighted by Gasteiger charge is -2.43. The van der Waals surface area contributed by atoms with Crippen molar-refractivity contribution in [2.24, 2.45) is 5.92 Å². The molecule has 0 unspecified atom stereocenters. The Hall–Kier alpha value is -1.82. The molecule has 2 saturated heterocycles. The van der Waals surface area contributed by atoms with Gasteiger partial charge >= 0.3 is 6.36 Å². The van der Waals surface area contributed by atoms with Gasteiger partial charge in [-0.25, -0.2) is 4.39 Å². The first-order valence-corrected chi connectivity index (χ1v) is 16.8. The Morgan fingerprint density at radius 2 is 1.42 bits per heavy atom. The average Bonchev–Trinajstić information content (AvgIpc) is 2.86. The molecule has 2 aromatic rings. The van der Waals surface area contributed by atoms with Gasteiger partial charge in [0.05, 0.1) is 8.07 Å². The molecule has 2 heterocycles. The summed E-state index contributed by atoms with van der Waals surface area (Å²) in [6.45, 7) is 2.28. The third-order valence-corrected chi connectivity index (χ3v) is 14.2. The van der Waals surface area contributed by atoms with Gasteiger partial charge in [-0.3, -0.25) is 0 Å². The Balaban J connectivity index is 1.26. The summed E-state index contributed by atoms with van der Waals surface area (Å²) in [7, 11) is -1.07. The van der Waals surface area contributed by atoms with E-state index >= 15 is 0 Å². The normalized spacial score (nSPS) is 24.7. The molecule has 0 N–H and O–H groups in total. The van der Waals surface area contributed by atoms with Crippen LogP contribution in [0.15, 0.2) is 42.5 Å². The number of benzene rings is 2. The van der Waals surface area contributed by atoms with E-state index in [-0.39, 0.29) is 0 Å². The number of hydrogen-bond acceptors (Lipinski definition) is 1. The second-order valence-electron chi connectivity index (χ2n) is 11.2. The van der Waals surface area contributed by atoms with Crippen molar-refractivity contribution in [2.75, 3.05) is 0 Å². The summed E-state index contributed by atoms with van der Waals surface area (Å²) in [6.07, 6.45) is 9.02. The first-order valence-electron chi connectivity index (χ1n) is 13.9. The van der Waals surface area contributed by atoms with Crippen LogP contribution in [0.5, 0.6) is 5.75 Å². The van der Waals surface area contributed by atoms with Gasteiger partial charge < -0.3 is 4.74 Å². The van der Waals surface area contributed by atoms with Crippen LogP contribution in [0.3, 0.4) is 0 Å². The van der Waals surface area contributed by atoms with Crippen molar-refractivity contribution in [3.05, 3.63) is 53.8 Å². The maximum absolute atomic E-state index is 14.1. The fraction of sp³-hybridized carbons (Fsp3) is 0.600. The number of ether oxygens (including phenoxy) is 1. The van der Waals surface area contributed by atoms with Gasteiger partial charge in [-0.1, -0.05) is 113 Å². The van der Waals surface area contributed by atoms with Crippen LogP contribution in [-0.4, -0.2) is 14.4 Å². The first-order chi connectivity index (χ1) is 17.3. The maximum Gasteiger partial charge on any atom is 0.573 e. The molecule has 2 aliphatic rings. The van der Waals surface area contributed by atoms with E-state index in [2.05, 4.69) is 23.8 Å². The zero-order valence-corrected chi connectivity index (χ0v) is 22.5. The summed E-state index contributed by atoms with van der Waals surface area (Å²) in [4.78, 5) is 0. The van der Waals surface area contributed by atoms with Crippen LogP contribution in [0.4, 0.5) is 17.6 Å². The van der Waals surface area contributed by atoms with E-state index < -0.39 is 26.0 Å². The van der Waals surface area contributed by atoms with Gasteiger partial charge in [0.25, 0.3) is 0 Å². The number of rotatable bonds is 9. The zero-order valence-electron chi connectivity index (χ0n) is 21.5. The Morgan fingerprint density at radius 3 is 2.03 bits per heavy atom. The number of hydrogen-bond donors (Lipinski definition) is 0. The highest BCUT2D eigenvalue weighted by molar-refractivity contribution is 6.80. The van der Waals surface area contributed by atoms with Crippen LogP contribution in [-0.2, 0) is 0 Å². The van der Waals surface area contributed by atoms with Gasteiger partial charge in [0.15, 0.2) is 11.6 Å². The molecule has 0 atom stereocenters. The highest BCUT2D eigenvalue weighted by Gasteiger charge is 2.40. The van der Waals surface area contributed by atoms with Crippen molar-refractivity contribution in [1.82, 2.24) is 0 Å². The van der Waals surface area contributed by atoms with Crippen LogP contribution in [0, 0.1) is 11.7 Å². The highest BCUT2D eigenvalue weighted by Crippen LogP contribution is 2.47. The molecule has 198 valence electrons. The van der Waals surface area contributed by atoms with E-state index in [9.17, 15) is 17.6 Å². The summed E-state index contributed by atoms with van der Waals surface area (Å²) in [6, 6.07) is 17.8. The van der Waals surface area contributed by atoms with Gasteiger partial charge in [-0.05, 0) is 53.5 Å². The third-order valence-electron chi connectivity index (χ3n) is 8.80.